The molecule has 118 valence electrons. The molecular formula is C16H13N7O. The molecule has 1 aliphatic rings. The first-order valence-electron chi connectivity index (χ1n) is 7.74. The Morgan fingerprint density at radius 3 is 2.83 bits per heavy atom. The van der Waals surface area contributed by atoms with Gasteiger partial charge < -0.3 is 4.90 Å². The quantitative estimate of drug-likeness (QED) is 0.556. The van der Waals surface area contributed by atoms with Crippen LogP contribution in [0, 0.1) is 0 Å². The van der Waals surface area contributed by atoms with E-state index in [2.05, 4.69) is 20.2 Å². The van der Waals surface area contributed by atoms with Crippen molar-refractivity contribution in [3.8, 4) is 11.3 Å². The zero-order chi connectivity index (χ0) is 16.1. The highest BCUT2D eigenvalue weighted by Crippen LogP contribution is 2.26. The van der Waals surface area contributed by atoms with Crippen LogP contribution in [0.2, 0.25) is 0 Å². The molecule has 4 aromatic heterocycles. The average Bonchev–Trinajstić information content (AvgIpc) is 3.16. The number of hydrogen-bond acceptors (Lipinski definition) is 5. The van der Waals surface area contributed by atoms with Crippen molar-refractivity contribution in [2.45, 2.75) is 6.42 Å². The summed E-state index contributed by atoms with van der Waals surface area (Å²) in [6.45, 7) is 1.55. The van der Waals surface area contributed by atoms with E-state index in [1.54, 1.807) is 38.6 Å². The highest BCUT2D eigenvalue weighted by atomic mass is 16.2. The fourth-order valence-electron chi connectivity index (χ4n) is 2.90. The molecule has 8 nitrogen and oxygen atoms in total. The maximum atomic E-state index is 12.8. The smallest absolute Gasteiger partial charge is 0.274 e. The Labute approximate surface area is 136 Å². The van der Waals surface area contributed by atoms with E-state index in [1.807, 2.05) is 18.3 Å². The summed E-state index contributed by atoms with van der Waals surface area (Å²) in [5, 5.41) is 8.57. The fourth-order valence-corrected chi connectivity index (χ4v) is 2.90. The molecule has 1 fully saturated rings. The van der Waals surface area contributed by atoms with Gasteiger partial charge in [-0.15, -0.1) is 0 Å². The van der Waals surface area contributed by atoms with Gasteiger partial charge in [0.2, 0.25) is 0 Å². The molecular weight excluding hydrogens is 306 g/mol. The summed E-state index contributed by atoms with van der Waals surface area (Å²) >= 11 is 0. The topological polar surface area (TPSA) is 80.7 Å². The molecule has 0 N–H and O–H groups in total. The fraction of sp³-hybridized carbons (Fsp3) is 0.188. The average molecular weight is 319 g/mol. The van der Waals surface area contributed by atoms with E-state index >= 15 is 0 Å². The van der Waals surface area contributed by atoms with E-state index in [0.29, 0.717) is 17.0 Å². The second-order valence-corrected chi connectivity index (χ2v) is 5.73. The van der Waals surface area contributed by atoms with Crippen molar-refractivity contribution in [3.05, 3.63) is 48.7 Å². The number of likely N-dealkylation sites (tertiary alicyclic amines) is 1. The molecule has 1 aliphatic heterocycles. The van der Waals surface area contributed by atoms with Crippen LogP contribution in [-0.4, -0.2) is 53.1 Å². The lowest BCUT2D eigenvalue weighted by atomic mass is 10.1. The molecule has 0 spiro atoms. The Bertz CT molecular complexity index is 1080. The Morgan fingerprint density at radius 1 is 1.08 bits per heavy atom. The van der Waals surface area contributed by atoms with Crippen molar-refractivity contribution in [2.24, 2.45) is 0 Å². The van der Waals surface area contributed by atoms with E-state index in [1.165, 1.54) is 0 Å². The van der Waals surface area contributed by atoms with Gasteiger partial charge >= 0.3 is 0 Å². The summed E-state index contributed by atoms with van der Waals surface area (Å²) in [5.41, 5.74) is 3.18. The normalized spacial score (nSPS) is 14.2. The van der Waals surface area contributed by atoms with E-state index in [0.717, 1.165) is 30.7 Å². The Hall–Kier alpha value is -3.29. The van der Waals surface area contributed by atoms with Gasteiger partial charge in [0.25, 0.3) is 5.91 Å². The first-order chi connectivity index (χ1) is 11.8. The van der Waals surface area contributed by atoms with E-state index in [-0.39, 0.29) is 5.91 Å². The largest absolute Gasteiger partial charge is 0.337 e. The number of carbonyl (C=O) groups excluding carboxylic acids is 1. The number of aromatic nitrogens is 6. The van der Waals surface area contributed by atoms with Crippen LogP contribution in [0.1, 0.15) is 16.9 Å². The zero-order valence-electron chi connectivity index (χ0n) is 12.7. The molecule has 0 saturated carbocycles. The summed E-state index contributed by atoms with van der Waals surface area (Å²) < 4.78 is 3.36. The molecule has 1 amide bonds. The van der Waals surface area contributed by atoms with Gasteiger partial charge in [0, 0.05) is 43.3 Å². The number of imidazole rings is 1. The third-order valence-corrected chi connectivity index (χ3v) is 4.26. The lowest BCUT2D eigenvalue weighted by Crippen LogP contribution is -2.42. The highest BCUT2D eigenvalue weighted by molar-refractivity contribution is 5.99. The van der Waals surface area contributed by atoms with Crippen LogP contribution in [0.5, 0.6) is 0 Å². The van der Waals surface area contributed by atoms with Crippen LogP contribution in [0.15, 0.2) is 43.0 Å². The zero-order valence-corrected chi connectivity index (χ0v) is 12.7. The Morgan fingerprint density at radius 2 is 2.00 bits per heavy atom. The van der Waals surface area contributed by atoms with Gasteiger partial charge in [0.1, 0.15) is 5.69 Å². The third-order valence-electron chi connectivity index (χ3n) is 4.26. The van der Waals surface area contributed by atoms with Gasteiger partial charge in [-0.3, -0.25) is 4.79 Å². The van der Waals surface area contributed by atoms with Crippen LogP contribution in [-0.2, 0) is 0 Å². The molecule has 5 heterocycles. The predicted molar refractivity (Wildman–Crippen MR) is 85.5 cm³/mol. The van der Waals surface area contributed by atoms with Gasteiger partial charge in [0.05, 0.1) is 6.20 Å². The second-order valence-electron chi connectivity index (χ2n) is 5.73. The standard InChI is InChI=1S/C16H13N7O/c24-16(21-7-2-8-21)14-15(23-13(20-14)3-1-5-19-23)11-9-17-12-4-6-18-22(12)10-11/h1,3-6,9-10H,2,7-8H2. The number of nitrogens with zero attached hydrogens (tertiary/aromatic N) is 7. The van der Waals surface area contributed by atoms with Crippen LogP contribution in [0.4, 0.5) is 0 Å². The molecule has 0 atom stereocenters. The number of rotatable bonds is 2. The van der Waals surface area contributed by atoms with Gasteiger partial charge in [-0.25, -0.2) is 19.0 Å². The number of hydrogen-bond donors (Lipinski definition) is 0. The lowest BCUT2D eigenvalue weighted by molar-refractivity contribution is 0.0647. The summed E-state index contributed by atoms with van der Waals surface area (Å²) in [7, 11) is 0. The van der Waals surface area contributed by atoms with Crippen molar-refractivity contribution >= 4 is 17.2 Å². The van der Waals surface area contributed by atoms with Gasteiger partial charge in [0.15, 0.2) is 17.0 Å². The third kappa shape index (κ3) is 1.82. The van der Waals surface area contributed by atoms with Crippen molar-refractivity contribution < 1.29 is 4.79 Å². The maximum Gasteiger partial charge on any atom is 0.274 e. The second kappa shape index (κ2) is 4.85. The number of amides is 1. The van der Waals surface area contributed by atoms with E-state index in [4.69, 9.17) is 0 Å². The first-order valence-corrected chi connectivity index (χ1v) is 7.74. The summed E-state index contributed by atoms with van der Waals surface area (Å²) in [6.07, 6.45) is 7.96. The number of fused-ring (bicyclic) bond motifs is 2. The van der Waals surface area contributed by atoms with Crippen molar-refractivity contribution in [3.63, 3.8) is 0 Å². The number of carbonyl (C=O) groups is 1. The molecule has 0 aliphatic carbocycles. The van der Waals surface area contributed by atoms with Crippen molar-refractivity contribution in [1.29, 1.82) is 0 Å². The molecule has 0 unspecified atom stereocenters. The minimum atomic E-state index is -0.0673. The summed E-state index contributed by atoms with van der Waals surface area (Å²) in [6, 6.07) is 5.46. The van der Waals surface area contributed by atoms with Gasteiger partial charge in [-0.05, 0) is 18.6 Å². The van der Waals surface area contributed by atoms with Gasteiger partial charge in [-0.1, -0.05) is 0 Å². The van der Waals surface area contributed by atoms with Crippen LogP contribution in [0.3, 0.4) is 0 Å². The Balaban J connectivity index is 1.76. The van der Waals surface area contributed by atoms with Gasteiger partial charge in [-0.2, -0.15) is 10.2 Å². The molecule has 1 saturated heterocycles. The summed E-state index contributed by atoms with van der Waals surface area (Å²) in [5.74, 6) is -0.0673. The Kier molecular flexibility index (Phi) is 2.66. The van der Waals surface area contributed by atoms with Crippen molar-refractivity contribution in [2.75, 3.05) is 13.1 Å². The van der Waals surface area contributed by atoms with E-state index in [9.17, 15) is 4.79 Å². The molecule has 5 rings (SSSR count). The minimum Gasteiger partial charge on any atom is -0.337 e. The van der Waals surface area contributed by atoms with Crippen LogP contribution in [0.25, 0.3) is 22.6 Å². The molecule has 8 heteroatoms. The van der Waals surface area contributed by atoms with Crippen LogP contribution < -0.4 is 0 Å². The monoisotopic (exact) mass is 319 g/mol. The maximum absolute atomic E-state index is 12.8. The van der Waals surface area contributed by atoms with E-state index < -0.39 is 0 Å². The highest BCUT2D eigenvalue weighted by Gasteiger charge is 2.28. The molecule has 0 bridgehead atoms. The molecule has 0 aromatic carbocycles. The first kappa shape index (κ1) is 13.2. The van der Waals surface area contributed by atoms with Crippen molar-refractivity contribution in [1.82, 2.24) is 34.1 Å². The summed E-state index contributed by atoms with van der Waals surface area (Å²) in [4.78, 5) is 23.5. The SMILES string of the molecule is O=C(c1nc2cccnn2c1-c1cnc2ccnn2c1)N1CCC1. The molecule has 24 heavy (non-hydrogen) atoms. The van der Waals surface area contributed by atoms with Crippen LogP contribution >= 0.6 is 0 Å². The molecule has 4 aromatic rings. The predicted octanol–water partition coefficient (Wildman–Crippen LogP) is 1.28. The lowest BCUT2D eigenvalue weighted by Gasteiger charge is -2.30. The minimum absolute atomic E-state index is 0.0673. The molecule has 0 radical (unpaired) electrons.